The van der Waals surface area contributed by atoms with Crippen molar-refractivity contribution in [1.82, 2.24) is 4.98 Å². The van der Waals surface area contributed by atoms with Gasteiger partial charge in [-0.1, -0.05) is 39.0 Å². The van der Waals surface area contributed by atoms with Crippen LogP contribution >= 0.6 is 11.8 Å². The monoisotopic (exact) mass is 229 g/mol. The molecule has 2 heteroatoms. The Labute approximate surface area is 100 Å². The van der Waals surface area contributed by atoms with Crippen molar-refractivity contribution in [2.45, 2.75) is 36.5 Å². The topological polar surface area (TPSA) is 12.9 Å². The van der Waals surface area contributed by atoms with E-state index in [1.165, 1.54) is 21.4 Å². The fourth-order valence-corrected chi connectivity index (χ4v) is 3.58. The lowest BCUT2D eigenvalue weighted by Crippen LogP contribution is -2.31. The van der Waals surface area contributed by atoms with Crippen molar-refractivity contribution in [2.24, 2.45) is 0 Å². The van der Waals surface area contributed by atoms with Crippen LogP contribution in [0.1, 0.15) is 26.3 Å². The maximum absolute atomic E-state index is 4.52. The highest BCUT2D eigenvalue weighted by Crippen LogP contribution is 2.47. The summed E-state index contributed by atoms with van der Waals surface area (Å²) in [5.74, 6) is 0. The van der Waals surface area contributed by atoms with Crippen molar-refractivity contribution in [3.63, 3.8) is 0 Å². The van der Waals surface area contributed by atoms with Crippen molar-refractivity contribution in [3.05, 3.63) is 36.0 Å². The number of hydrogen-bond donors (Lipinski definition) is 0. The van der Waals surface area contributed by atoms with E-state index in [9.17, 15) is 0 Å². The lowest BCUT2D eigenvalue weighted by Gasteiger charge is -2.37. The largest absolute Gasteiger partial charge is 0.249 e. The zero-order valence-electron chi connectivity index (χ0n) is 9.82. The zero-order valence-corrected chi connectivity index (χ0v) is 10.6. The van der Waals surface area contributed by atoms with Crippen LogP contribution in [0.2, 0.25) is 0 Å². The summed E-state index contributed by atoms with van der Waals surface area (Å²) >= 11 is 1.90. The molecule has 0 radical (unpaired) electrons. The smallest absolute Gasteiger partial charge is 0.104 e. The summed E-state index contributed by atoms with van der Waals surface area (Å²) in [5, 5.41) is 4.44. The molecule has 0 spiro atoms. The van der Waals surface area contributed by atoms with Gasteiger partial charge in [-0.15, -0.1) is 11.8 Å². The van der Waals surface area contributed by atoms with E-state index in [0.29, 0.717) is 5.25 Å². The third-order valence-electron chi connectivity index (χ3n) is 3.76. The molecule has 0 saturated heterocycles. The van der Waals surface area contributed by atoms with E-state index in [1.807, 2.05) is 18.0 Å². The molecule has 1 aliphatic rings. The van der Waals surface area contributed by atoms with Crippen LogP contribution in [-0.2, 0) is 5.41 Å². The predicted octanol–water partition coefficient (Wildman–Crippen LogP) is 4.01. The molecule has 0 saturated carbocycles. The van der Waals surface area contributed by atoms with E-state index in [4.69, 9.17) is 0 Å². The van der Waals surface area contributed by atoms with E-state index >= 15 is 0 Å². The first-order chi connectivity index (χ1) is 7.60. The third kappa shape index (κ3) is 1.23. The average Bonchev–Trinajstić information content (AvgIpc) is 2.27. The van der Waals surface area contributed by atoms with E-state index in [2.05, 4.69) is 50.0 Å². The molecule has 3 rings (SSSR count). The molecular formula is C14H15NS. The second-order valence-corrected chi connectivity index (χ2v) is 6.33. The minimum absolute atomic E-state index is 0.222. The first-order valence-corrected chi connectivity index (χ1v) is 6.53. The van der Waals surface area contributed by atoms with E-state index in [0.717, 1.165) is 0 Å². The van der Waals surface area contributed by atoms with E-state index in [-0.39, 0.29) is 5.41 Å². The minimum Gasteiger partial charge on any atom is -0.249 e. The van der Waals surface area contributed by atoms with Crippen molar-refractivity contribution in [3.8, 4) is 0 Å². The van der Waals surface area contributed by atoms with Gasteiger partial charge >= 0.3 is 0 Å². The first-order valence-electron chi connectivity index (χ1n) is 5.65. The molecule has 0 bridgehead atoms. The Morgan fingerprint density at radius 3 is 2.88 bits per heavy atom. The summed E-state index contributed by atoms with van der Waals surface area (Å²) in [5.41, 5.74) is 1.67. The maximum Gasteiger partial charge on any atom is 0.104 e. The summed E-state index contributed by atoms with van der Waals surface area (Å²) < 4.78 is 0. The van der Waals surface area contributed by atoms with E-state index < -0.39 is 0 Å². The van der Waals surface area contributed by atoms with Crippen LogP contribution in [0.15, 0.2) is 35.5 Å². The Kier molecular flexibility index (Phi) is 2.05. The molecule has 1 aromatic carbocycles. The van der Waals surface area contributed by atoms with Gasteiger partial charge in [-0.2, -0.15) is 0 Å². The van der Waals surface area contributed by atoms with Gasteiger partial charge < -0.3 is 0 Å². The molecule has 0 fully saturated rings. The fraction of sp³-hybridized carbons (Fsp3) is 0.357. The lowest BCUT2D eigenvalue weighted by atomic mass is 9.79. The van der Waals surface area contributed by atoms with Crippen LogP contribution < -0.4 is 0 Å². The van der Waals surface area contributed by atoms with Gasteiger partial charge in [-0.25, -0.2) is 4.98 Å². The van der Waals surface area contributed by atoms with Gasteiger partial charge in [0.1, 0.15) is 5.03 Å². The van der Waals surface area contributed by atoms with Gasteiger partial charge in [-0.05, 0) is 17.0 Å². The third-order valence-corrected chi connectivity index (χ3v) is 5.23. The number of aromatic nitrogens is 1. The van der Waals surface area contributed by atoms with Crippen LogP contribution in [0.25, 0.3) is 10.8 Å². The molecule has 0 aliphatic carbocycles. The average molecular weight is 229 g/mol. The second kappa shape index (κ2) is 3.24. The van der Waals surface area contributed by atoms with Crippen molar-refractivity contribution < 1.29 is 0 Å². The Hall–Kier alpha value is -1.02. The Balaban J connectivity index is 2.44. The van der Waals surface area contributed by atoms with Gasteiger partial charge in [0.05, 0.1) is 0 Å². The fourth-order valence-electron chi connectivity index (χ4n) is 2.36. The highest BCUT2D eigenvalue weighted by atomic mass is 32.2. The molecule has 2 aromatic rings. The predicted molar refractivity (Wildman–Crippen MR) is 70.1 cm³/mol. The second-order valence-electron chi connectivity index (χ2n) is 5.00. The summed E-state index contributed by atoms with van der Waals surface area (Å²) in [6.07, 6.45) is 1.92. The molecule has 1 unspecified atom stereocenters. The highest BCUT2D eigenvalue weighted by molar-refractivity contribution is 8.00. The Morgan fingerprint density at radius 1 is 1.25 bits per heavy atom. The Bertz CT molecular complexity index is 554. The molecule has 1 atom stereocenters. The van der Waals surface area contributed by atoms with Crippen molar-refractivity contribution >= 4 is 22.5 Å². The SMILES string of the molecule is CC1Sc2nccc3cccc(c23)C1(C)C. The summed E-state index contributed by atoms with van der Waals surface area (Å²) in [4.78, 5) is 4.52. The molecule has 1 aromatic heterocycles. The van der Waals surface area contributed by atoms with Gasteiger partial charge in [-0.3, -0.25) is 0 Å². The number of benzene rings is 1. The molecule has 82 valence electrons. The minimum atomic E-state index is 0.222. The molecule has 16 heavy (non-hydrogen) atoms. The number of pyridine rings is 1. The maximum atomic E-state index is 4.52. The van der Waals surface area contributed by atoms with Gasteiger partial charge in [0.15, 0.2) is 0 Å². The number of rotatable bonds is 0. The van der Waals surface area contributed by atoms with Crippen LogP contribution in [0.4, 0.5) is 0 Å². The summed E-state index contributed by atoms with van der Waals surface area (Å²) in [7, 11) is 0. The highest BCUT2D eigenvalue weighted by Gasteiger charge is 2.35. The van der Waals surface area contributed by atoms with Crippen molar-refractivity contribution in [2.75, 3.05) is 0 Å². The molecule has 0 amide bonds. The standard InChI is InChI=1S/C14H15NS/c1-9-14(2,3)11-6-4-5-10-7-8-15-13(16-9)12(10)11/h4-9H,1-3H3. The normalized spacial score (nSPS) is 22.3. The summed E-state index contributed by atoms with van der Waals surface area (Å²) in [6.45, 7) is 6.95. The first kappa shape index (κ1) is 10.2. The molecule has 2 heterocycles. The van der Waals surface area contributed by atoms with Crippen LogP contribution in [-0.4, -0.2) is 10.2 Å². The quantitative estimate of drug-likeness (QED) is 0.677. The summed E-state index contributed by atoms with van der Waals surface area (Å²) in [6, 6.07) is 8.70. The Morgan fingerprint density at radius 2 is 2.06 bits per heavy atom. The van der Waals surface area contributed by atoms with Gasteiger partial charge in [0.25, 0.3) is 0 Å². The number of thioether (sulfide) groups is 1. The van der Waals surface area contributed by atoms with Crippen LogP contribution in [0.3, 0.4) is 0 Å². The van der Waals surface area contributed by atoms with Crippen LogP contribution in [0, 0.1) is 0 Å². The molecule has 1 aliphatic heterocycles. The lowest BCUT2D eigenvalue weighted by molar-refractivity contribution is 0.519. The van der Waals surface area contributed by atoms with Crippen molar-refractivity contribution in [1.29, 1.82) is 0 Å². The van der Waals surface area contributed by atoms with E-state index in [1.54, 1.807) is 0 Å². The van der Waals surface area contributed by atoms with Gasteiger partial charge in [0, 0.05) is 22.2 Å². The number of nitrogens with zero attached hydrogens (tertiary/aromatic N) is 1. The van der Waals surface area contributed by atoms with Gasteiger partial charge in [0.2, 0.25) is 0 Å². The van der Waals surface area contributed by atoms with Crippen LogP contribution in [0.5, 0.6) is 0 Å². The molecular weight excluding hydrogens is 214 g/mol. The molecule has 1 nitrogen and oxygen atoms in total. The molecule has 0 N–H and O–H groups in total. The number of hydrogen-bond acceptors (Lipinski definition) is 2. The zero-order chi connectivity index (χ0) is 11.3.